The summed E-state index contributed by atoms with van der Waals surface area (Å²) in [6, 6.07) is 9.87. The fraction of sp³-hybridized carbons (Fsp3) is 0.412. The minimum absolute atomic E-state index is 0.321. The van der Waals surface area contributed by atoms with Crippen LogP contribution in [0.1, 0.15) is 34.6 Å². The number of para-hydroxylation sites is 1. The van der Waals surface area contributed by atoms with Crippen LogP contribution in [0.25, 0.3) is 0 Å². The van der Waals surface area contributed by atoms with Crippen molar-refractivity contribution in [1.82, 2.24) is 10.2 Å². The van der Waals surface area contributed by atoms with Gasteiger partial charge in [-0.2, -0.15) is 5.10 Å². The number of nitrogens with one attached hydrogen (secondary N) is 1. The first-order valence-corrected chi connectivity index (χ1v) is 7.71. The number of benzene rings is 1. The summed E-state index contributed by atoms with van der Waals surface area (Å²) in [5.41, 5.74) is 2.62. The molecule has 1 N–H and O–H groups in total. The van der Waals surface area contributed by atoms with Gasteiger partial charge in [0.05, 0.1) is 13.2 Å². The normalized spacial score (nSPS) is 24.5. The summed E-state index contributed by atoms with van der Waals surface area (Å²) in [4.78, 5) is 11.8. The lowest BCUT2D eigenvalue weighted by atomic mass is 10.1. The van der Waals surface area contributed by atoms with E-state index >= 15 is 0 Å². The second-order valence-electron chi connectivity index (χ2n) is 5.87. The lowest BCUT2D eigenvalue weighted by Gasteiger charge is -2.07. The minimum Gasteiger partial charge on any atom is -0.493 e. The molecule has 2 aliphatic carbocycles. The van der Waals surface area contributed by atoms with Crippen molar-refractivity contribution in [2.75, 3.05) is 13.2 Å². The molecule has 1 unspecified atom stereocenters. The van der Waals surface area contributed by atoms with E-state index in [1.54, 1.807) is 6.92 Å². The lowest BCUT2D eigenvalue weighted by molar-refractivity contribution is 0.0518. The van der Waals surface area contributed by atoms with Crippen LogP contribution in [0.4, 0.5) is 0 Å². The van der Waals surface area contributed by atoms with Gasteiger partial charge in [0.25, 0.3) is 0 Å². The zero-order chi connectivity index (χ0) is 15.1. The van der Waals surface area contributed by atoms with Crippen LogP contribution in [0.3, 0.4) is 0 Å². The van der Waals surface area contributed by atoms with Gasteiger partial charge in [-0.1, -0.05) is 18.2 Å². The number of aromatic amines is 1. The largest absolute Gasteiger partial charge is 0.493 e. The third-order valence-electron chi connectivity index (χ3n) is 4.66. The molecule has 0 radical (unpaired) electrons. The standard InChI is InChI=1S/C17H18N2O3/c1-2-21-17(20)16-12-8-11-13(14(11)15(12)18-19-16)9-22-10-6-4-3-5-7-10/h3-7,11,13-14H,2,8-9H2,1H3,(H,18,19)/t11-,13?,14-/m0/s1. The second kappa shape index (κ2) is 5.16. The van der Waals surface area contributed by atoms with Crippen LogP contribution >= 0.6 is 0 Å². The highest BCUT2D eigenvalue weighted by Gasteiger charge is 2.58. The predicted molar refractivity (Wildman–Crippen MR) is 79.9 cm³/mol. The highest BCUT2D eigenvalue weighted by molar-refractivity contribution is 5.89. The number of nitrogens with zero attached hydrogens (tertiary/aromatic N) is 1. The van der Waals surface area contributed by atoms with Gasteiger partial charge in [0, 0.05) is 23.1 Å². The molecule has 1 aromatic heterocycles. The molecule has 1 fully saturated rings. The molecule has 2 aromatic rings. The molecule has 1 saturated carbocycles. The molecule has 22 heavy (non-hydrogen) atoms. The molecule has 3 atom stereocenters. The van der Waals surface area contributed by atoms with Gasteiger partial charge in [0.2, 0.25) is 0 Å². The fourth-order valence-corrected chi connectivity index (χ4v) is 3.55. The first-order valence-electron chi connectivity index (χ1n) is 7.71. The van der Waals surface area contributed by atoms with Gasteiger partial charge in [-0.3, -0.25) is 5.10 Å². The number of fused-ring (bicyclic) bond motifs is 3. The van der Waals surface area contributed by atoms with E-state index in [-0.39, 0.29) is 5.97 Å². The monoisotopic (exact) mass is 298 g/mol. The Kier molecular flexibility index (Phi) is 3.13. The molecule has 1 heterocycles. The summed E-state index contributed by atoms with van der Waals surface area (Å²) in [5.74, 6) is 2.13. The van der Waals surface area contributed by atoms with Crippen molar-refractivity contribution >= 4 is 5.97 Å². The quantitative estimate of drug-likeness (QED) is 0.862. The number of esters is 1. The molecule has 5 nitrogen and oxygen atoms in total. The first kappa shape index (κ1) is 13.4. The topological polar surface area (TPSA) is 64.2 Å². The van der Waals surface area contributed by atoms with Crippen LogP contribution in [-0.4, -0.2) is 29.4 Å². The molecule has 0 bridgehead atoms. The molecule has 0 amide bonds. The Bertz CT molecular complexity index is 695. The highest BCUT2D eigenvalue weighted by atomic mass is 16.5. The Morgan fingerprint density at radius 1 is 1.36 bits per heavy atom. The van der Waals surface area contributed by atoms with E-state index in [1.165, 1.54) is 0 Å². The summed E-state index contributed by atoms with van der Waals surface area (Å²) in [5, 5.41) is 7.18. The molecular weight excluding hydrogens is 280 g/mol. The Labute approximate surface area is 128 Å². The molecule has 0 saturated heterocycles. The van der Waals surface area contributed by atoms with Crippen LogP contribution < -0.4 is 4.74 Å². The van der Waals surface area contributed by atoms with Gasteiger partial charge in [0.1, 0.15) is 5.75 Å². The van der Waals surface area contributed by atoms with Gasteiger partial charge in [-0.05, 0) is 31.4 Å². The van der Waals surface area contributed by atoms with Crippen molar-refractivity contribution in [1.29, 1.82) is 0 Å². The van der Waals surface area contributed by atoms with Gasteiger partial charge in [-0.15, -0.1) is 0 Å². The van der Waals surface area contributed by atoms with Crippen LogP contribution in [0, 0.1) is 11.8 Å². The van der Waals surface area contributed by atoms with Gasteiger partial charge in [-0.25, -0.2) is 4.79 Å². The average molecular weight is 298 g/mol. The van der Waals surface area contributed by atoms with Crippen LogP contribution in [0.15, 0.2) is 30.3 Å². The zero-order valence-electron chi connectivity index (χ0n) is 12.4. The number of hydrogen-bond acceptors (Lipinski definition) is 4. The number of carbonyl (C=O) groups is 1. The van der Waals surface area contributed by atoms with E-state index in [2.05, 4.69) is 10.2 Å². The Hall–Kier alpha value is -2.30. The number of aromatic nitrogens is 2. The first-order chi connectivity index (χ1) is 10.8. The Morgan fingerprint density at radius 2 is 2.18 bits per heavy atom. The zero-order valence-corrected chi connectivity index (χ0v) is 12.4. The highest BCUT2D eigenvalue weighted by Crippen LogP contribution is 2.61. The van der Waals surface area contributed by atoms with Crippen molar-refractivity contribution in [2.24, 2.45) is 11.8 Å². The molecule has 4 rings (SSSR count). The van der Waals surface area contributed by atoms with Crippen molar-refractivity contribution < 1.29 is 14.3 Å². The summed E-state index contributed by atoms with van der Waals surface area (Å²) in [6.07, 6.45) is 0.896. The van der Waals surface area contributed by atoms with E-state index < -0.39 is 0 Å². The lowest BCUT2D eigenvalue weighted by Crippen LogP contribution is -2.09. The van der Waals surface area contributed by atoms with Gasteiger partial charge < -0.3 is 9.47 Å². The van der Waals surface area contributed by atoms with E-state index in [4.69, 9.17) is 9.47 Å². The van der Waals surface area contributed by atoms with E-state index in [0.29, 0.717) is 36.7 Å². The average Bonchev–Trinajstić information content (AvgIpc) is 2.87. The minimum atomic E-state index is -0.321. The SMILES string of the molecule is CCOC(=O)c1n[nH]c2c1C[C@H]1C(COc3ccccc3)[C@@H]21. The maximum Gasteiger partial charge on any atom is 0.359 e. The summed E-state index contributed by atoms with van der Waals surface area (Å²) in [7, 11) is 0. The number of hydrogen-bond donors (Lipinski definition) is 1. The molecule has 5 heteroatoms. The molecular formula is C17H18N2O3. The third-order valence-corrected chi connectivity index (χ3v) is 4.66. The van der Waals surface area contributed by atoms with Crippen LogP contribution in [0.2, 0.25) is 0 Å². The maximum absolute atomic E-state index is 11.8. The third kappa shape index (κ3) is 2.08. The molecule has 114 valence electrons. The molecule has 0 spiro atoms. The number of H-pyrrole nitrogens is 1. The van der Waals surface area contributed by atoms with Crippen LogP contribution in [-0.2, 0) is 11.2 Å². The van der Waals surface area contributed by atoms with Gasteiger partial charge >= 0.3 is 5.97 Å². The predicted octanol–water partition coefficient (Wildman–Crippen LogP) is 2.55. The maximum atomic E-state index is 11.8. The molecule has 0 aliphatic heterocycles. The van der Waals surface area contributed by atoms with Crippen molar-refractivity contribution in [2.45, 2.75) is 19.3 Å². The second-order valence-corrected chi connectivity index (χ2v) is 5.87. The van der Waals surface area contributed by atoms with Crippen molar-refractivity contribution in [3.8, 4) is 5.75 Å². The number of ether oxygens (including phenoxy) is 2. The Morgan fingerprint density at radius 3 is 2.95 bits per heavy atom. The smallest absolute Gasteiger partial charge is 0.359 e. The molecule has 1 aromatic carbocycles. The van der Waals surface area contributed by atoms with Crippen LogP contribution in [0.5, 0.6) is 5.75 Å². The van der Waals surface area contributed by atoms with E-state index in [9.17, 15) is 4.79 Å². The van der Waals surface area contributed by atoms with Crippen molar-refractivity contribution in [3.05, 3.63) is 47.3 Å². The van der Waals surface area contributed by atoms with Crippen molar-refractivity contribution in [3.63, 3.8) is 0 Å². The fourth-order valence-electron chi connectivity index (χ4n) is 3.55. The summed E-state index contributed by atoms with van der Waals surface area (Å²) >= 11 is 0. The number of rotatable bonds is 5. The number of carbonyl (C=O) groups excluding carboxylic acids is 1. The summed E-state index contributed by atoms with van der Waals surface area (Å²) in [6.45, 7) is 2.90. The van der Waals surface area contributed by atoms with E-state index in [0.717, 1.165) is 23.4 Å². The van der Waals surface area contributed by atoms with E-state index in [1.807, 2.05) is 30.3 Å². The molecule has 2 aliphatic rings. The van der Waals surface area contributed by atoms with Gasteiger partial charge in [0.15, 0.2) is 5.69 Å². The Balaban J connectivity index is 1.42. The summed E-state index contributed by atoms with van der Waals surface area (Å²) < 4.78 is 10.9.